The number of aromatic amines is 1. The Bertz CT molecular complexity index is 910. The smallest absolute Gasteiger partial charge is 0.339 e. The summed E-state index contributed by atoms with van der Waals surface area (Å²) in [5.41, 5.74) is 3.18. The maximum Gasteiger partial charge on any atom is 0.339 e. The molecule has 1 aliphatic heterocycles. The van der Waals surface area contributed by atoms with Crippen LogP contribution in [0.15, 0.2) is 24.3 Å². The minimum absolute atomic E-state index is 0.0626. The van der Waals surface area contributed by atoms with E-state index in [1.54, 1.807) is 6.92 Å². The number of ether oxygens (including phenoxy) is 1. The summed E-state index contributed by atoms with van der Waals surface area (Å²) in [5, 5.41) is 2.94. The summed E-state index contributed by atoms with van der Waals surface area (Å²) in [7, 11) is 1.28. The lowest BCUT2D eigenvalue weighted by Crippen LogP contribution is -2.22. The molecule has 1 aromatic carbocycles. The number of ketones is 1. The molecule has 28 heavy (non-hydrogen) atoms. The van der Waals surface area contributed by atoms with Gasteiger partial charge in [0.1, 0.15) is 0 Å². The largest absolute Gasteiger partial charge is 0.465 e. The van der Waals surface area contributed by atoms with Crippen LogP contribution in [0.5, 0.6) is 0 Å². The van der Waals surface area contributed by atoms with E-state index in [0.29, 0.717) is 17.0 Å². The van der Waals surface area contributed by atoms with Crippen LogP contribution in [0.3, 0.4) is 0 Å². The summed E-state index contributed by atoms with van der Waals surface area (Å²) in [6.45, 7) is 5.02. The maximum absolute atomic E-state index is 12.7. The molecule has 7 heteroatoms. The fourth-order valence-corrected chi connectivity index (χ4v) is 3.69. The number of hydrogen-bond donors (Lipinski definition) is 2. The lowest BCUT2D eigenvalue weighted by atomic mass is 10.1. The van der Waals surface area contributed by atoms with Gasteiger partial charge in [-0.3, -0.25) is 9.59 Å². The van der Waals surface area contributed by atoms with Gasteiger partial charge in [0.25, 0.3) is 0 Å². The van der Waals surface area contributed by atoms with Crippen LogP contribution >= 0.6 is 0 Å². The van der Waals surface area contributed by atoms with Crippen LogP contribution in [0.1, 0.15) is 51.9 Å². The summed E-state index contributed by atoms with van der Waals surface area (Å²) >= 11 is 0. The predicted molar refractivity (Wildman–Crippen MR) is 107 cm³/mol. The summed E-state index contributed by atoms with van der Waals surface area (Å²) in [6, 6.07) is 7.69. The van der Waals surface area contributed by atoms with E-state index in [9.17, 15) is 14.4 Å². The van der Waals surface area contributed by atoms with Crippen molar-refractivity contribution in [3.05, 3.63) is 46.8 Å². The van der Waals surface area contributed by atoms with Crippen molar-refractivity contribution < 1.29 is 19.1 Å². The number of rotatable bonds is 6. The highest BCUT2D eigenvalue weighted by Crippen LogP contribution is 2.29. The maximum atomic E-state index is 12.7. The number of amides is 1. The average Bonchev–Trinajstić information content (AvgIpc) is 3.30. The number of H-pyrrole nitrogens is 1. The number of nitrogens with one attached hydrogen (secondary N) is 2. The molecule has 1 saturated heterocycles. The van der Waals surface area contributed by atoms with Gasteiger partial charge in [-0.1, -0.05) is 12.1 Å². The third kappa shape index (κ3) is 3.93. The number of para-hydroxylation sites is 2. The Balaban J connectivity index is 1.84. The Morgan fingerprint density at radius 2 is 1.86 bits per heavy atom. The van der Waals surface area contributed by atoms with Gasteiger partial charge < -0.3 is 19.9 Å². The zero-order valence-electron chi connectivity index (χ0n) is 16.4. The van der Waals surface area contributed by atoms with Crippen molar-refractivity contribution in [3.63, 3.8) is 0 Å². The fraction of sp³-hybridized carbons (Fsp3) is 0.381. The number of aromatic nitrogens is 1. The molecule has 0 spiro atoms. The Kier molecular flexibility index (Phi) is 5.82. The molecule has 3 rings (SSSR count). The monoisotopic (exact) mass is 383 g/mol. The van der Waals surface area contributed by atoms with Crippen molar-refractivity contribution in [2.75, 3.05) is 30.4 Å². The Labute approximate surface area is 164 Å². The van der Waals surface area contributed by atoms with Gasteiger partial charge in [-0.05, 0) is 37.5 Å². The first kappa shape index (κ1) is 19.7. The van der Waals surface area contributed by atoms with E-state index in [0.717, 1.165) is 37.3 Å². The van der Waals surface area contributed by atoms with Crippen molar-refractivity contribution in [1.82, 2.24) is 4.98 Å². The minimum atomic E-state index is -0.568. The predicted octanol–water partition coefficient (Wildman–Crippen LogP) is 3.09. The number of benzene rings is 1. The van der Waals surface area contributed by atoms with Crippen molar-refractivity contribution in [2.45, 2.75) is 33.1 Å². The van der Waals surface area contributed by atoms with E-state index in [1.165, 1.54) is 14.0 Å². The molecule has 7 nitrogen and oxygen atoms in total. The van der Waals surface area contributed by atoms with Gasteiger partial charge >= 0.3 is 5.97 Å². The minimum Gasteiger partial charge on any atom is -0.465 e. The second kappa shape index (κ2) is 8.29. The van der Waals surface area contributed by atoms with Gasteiger partial charge in [0, 0.05) is 25.7 Å². The normalized spacial score (nSPS) is 13.5. The number of nitrogens with zero attached hydrogens (tertiary/aromatic N) is 1. The van der Waals surface area contributed by atoms with Crippen LogP contribution in [-0.2, 0) is 16.0 Å². The number of carbonyl (C=O) groups excluding carboxylic acids is 3. The van der Waals surface area contributed by atoms with Crippen LogP contribution in [0.2, 0.25) is 0 Å². The Morgan fingerprint density at radius 3 is 2.50 bits per heavy atom. The Hall–Kier alpha value is -3.09. The molecule has 0 saturated carbocycles. The third-order valence-corrected chi connectivity index (χ3v) is 5.03. The molecular weight excluding hydrogens is 358 g/mol. The molecule has 2 N–H and O–H groups in total. The van der Waals surface area contributed by atoms with Gasteiger partial charge in [0.05, 0.1) is 36.2 Å². The summed E-state index contributed by atoms with van der Waals surface area (Å²) < 4.78 is 4.83. The van der Waals surface area contributed by atoms with E-state index in [1.807, 2.05) is 24.3 Å². The molecule has 0 atom stereocenters. The lowest BCUT2D eigenvalue weighted by Gasteiger charge is -2.21. The zero-order chi connectivity index (χ0) is 20.3. The molecular formula is C21H25N3O4. The number of hydrogen-bond acceptors (Lipinski definition) is 5. The van der Waals surface area contributed by atoms with Crippen molar-refractivity contribution in [3.8, 4) is 0 Å². The summed E-state index contributed by atoms with van der Waals surface area (Å²) in [4.78, 5) is 41.9. The standard InChI is InChI=1S/C21H25N3O4/c1-13-19(21(27)28-3)16(23-20(13)14(2)25)12-18(26)22-15-8-4-5-9-17(15)24-10-6-7-11-24/h4-5,8-9,23H,6-7,10-12H2,1-3H3,(H,22,26). The topological polar surface area (TPSA) is 91.5 Å². The van der Waals surface area contributed by atoms with E-state index in [2.05, 4.69) is 15.2 Å². The molecule has 0 aliphatic carbocycles. The quantitative estimate of drug-likeness (QED) is 0.591. The van der Waals surface area contributed by atoms with Crippen LogP contribution in [0.4, 0.5) is 11.4 Å². The second-order valence-electron chi connectivity index (χ2n) is 6.96. The molecule has 2 heterocycles. The van der Waals surface area contributed by atoms with E-state index in [-0.39, 0.29) is 23.7 Å². The molecule has 0 radical (unpaired) electrons. The molecule has 1 aliphatic rings. The van der Waals surface area contributed by atoms with E-state index < -0.39 is 5.97 Å². The highest BCUT2D eigenvalue weighted by molar-refractivity contribution is 6.02. The van der Waals surface area contributed by atoms with Gasteiger partial charge in [-0.2, -0.15) is 0 Å². The average molecular weight is 383 g/mol. The second-order valence-corrected chi connectivity index (χ2v) is 6.96. The third-order valence-electron chi connectivity index (χ3n) is 5.03. The molecule has 0 bridgehead atoms. The van der Waals surface area contributed by atoms with Gasteiger partial charge in [-0.15, -0.1) is 0 Å². The number of carbonyl (C=O) groups is 3. The molecule has 1 amide bonds. The van der Waals surface area contributed by atoms with Gasteiger partial charge in [0.2, 0.25) is 5.91 Å². The number of Topliss-reactive ketones (excluding diaryl/α,β-unsaturated/α-hetero) is 1. The first-order valence-electron chi connectivity index (χ1n) is 9.37. The van der Waals surface area contributed by atoms with Crippen LogP contribution in [0.25, 0.3) is 0 Å². The van der Waals surface area contributed by atoms with Crippen molar-refractivity contribution in [1.29, 1.82) is 0 Å². The van der Waals surface area contributed by atoms with Crippen LogP contribution in [0, 0.1) is 6.92 Å². The van der Waals surface area contributed by atoms with Gasteiger partial charge in [-0.25, -0.2) is 4.79 Å². The summed E-state index contributed by atoms with van der Waals surface area (Å²) in [6.07, 6.45) is 2.22. The first-order valence-corrected chi connectivity index (χ1v) is 9.37. The highest BCUT2D eigenvalue weighted by atomic mass is 16.5. The molecule has 1 fully saturated rings. The van der Waals surface area contributed by atoms with Crippen molar-refractivity contribution >= 4 is 29.0 Å². The number of esters is 1. The Morgan fingerprint density at radius 1 is 1.18 bits per heavy atom. The zero-order valence-corrected chi connectivity index (χ0v) is 16.4. The number of anilines is 2. The molecule has 0 unspecified atom stereocenters. The first-order chi connectivity index (χ1) is 13.4. The molecule has 148 valence electrons. The summed E-state index contributed by atoms with van der Waals surface area (Å²) in [5.74, 6) is -1.04. The highest BCUT2D eigenvalue weighted by Gasteiger charge is 2.25. The van der Waals surface area contributed by atoms with Crippen LogP contribution < -0.4 is 10.2 Å². The lowest BCUT2D eigenvalue weighted by molar-refractivity contribution is -0.115. The molecule has 1 aromatic heterocycles. The van der Waals surface area contributed by atoms with Crippen LogP contribution in [-0.4, -0.2) is 42.8 Å². The SMILES string of the molecule is COC(=O)c1c(CC(=O)Nc2ccccc2N2CCCC2)[nH]c(C(C)=O)c1C. The van der Waals surface area contributed by atoms with Gasteiger partial charge in [0.15, 0.2) is 5.78 Å². The number of methoxy groups -OCH3 is 1. The fourth-order valence-electron chi connectivity index (χ4n) is 3.69. The van der Waals surface area contributed by atoms with E-state index in [4.69, 9.17) is 4.74 Å². The van der Waals surface area contributed by atoms with Crippen molar-refractivity contribution in [2.24, 2.45) is 0 Å². The molecule has 2 aromatic rings. The van der Waals surface area contributed by atoms with E-state index >= 15 is 0 Å².